The van der Waals surface area contributed by atoms with Crippen molar-refractivity contribution in [3.63, 3.8) is 0 Å². The third-order valence-corrected chi connectivity index (χ3v) is 5.92. The average Bonchev–Trinajstić information content (AvgIpc) is 2.61. The van der Waals surface area contributed by atoms with E-state index in [9.17, 15) is 9.32 Å². The molecular formula is C9H14N4O2S2. The van der Waals surface area contributed by atoms with Gasteiger partial charge in [0, 0.05) is 17.3 Å². The Morgan fingerprint density at radius 3 is 2.88 bits per heavy atom. The molecule has 1 aromatic heterocycles. The molecular weight excluding hydrogens is 260 g/mol. The van der Waals surface area contributed by atoms with Gasteiger partial charge in [-0.15, -0.1) is 11.3 Å². The van der Waals surface area contributed by atoms with Crippen molar-refractivity contribution in [3.05, 3.63) is 16.3 Å². The van der Waals surface area contributed by atoms with E-state index in [0.29, 0.717) is 0 Å². The first-order valence-corrected chi connectivity index (χ1v) is 7.45. The number of hydrogen-bond donors (Lipinski definition) is 3. The molecule has 4 N–H and O–H groups in total. The normalized spacial score (nSPS) is 33.5. The van der Waals surface area contributed by atoms with Crippen LogP contribution in [-0.4, -0.2) is 32.4 Å². The molecule has 0 amide bonds. The van der Waals surface area contributed by atoms with E-state index in [-0.39, 0.29) is 17.5 Å². The van der Waals surface area contributed by atoms with E-state index < -0.39 is 15.5 Å². The van der Waals surface area contributed by atoms with Crippen LogP contribution in [0.25, 0.3) is 0 Å². The van der Waals surface area contributed by atoms with Crippen LogP contribution in [-0.2, 0) is 15.5 Å². The zero-order chi connectivity index (χ0) is 12.8. The van der Waals surface area contributed by atoms with Crippen molar-refractivity contribution < 1.29 is 9.32 Å². The van der Waals surface area contributed by atoms with Crippen molar-refractivity contribution in [2.24, 2.45) is 10.7 Å². The number of hydrogen-bond acceptors (Lipinski definition) is 6. The zero-order valence-corrected chi connectivity index (χ0v) is 11.1. The maximum atomic E-state index is 12.1. The van der Waals surface area contributed by atoms with E-state index in [2.05, 4.69) is 4.99 Å². The number of nitrogens with zero attached hydrogens (tertiary/aromatic N) is 2. The van der Waals surface area contributed by atoms with Gasteiger partial charge in [0.1, 0.15) is 21.2 Å². The second-order valence-electron chi connectivity index (χ2n) is 4.20. The first kappa shape index (κ1) is 12.2. The predicted octanol–water partition coefficient (Wildman–Crippen LogP) is 0.891. The quantitative estimate of drug-likeness (QED) is 0.708. The predicted molar refractivity (Wildman–Crippen MR) is 68.5 cm³/mol. The van der Waals surface area contributed by atoms with Crippen LogP contribution in [0.3, 0.4) is 0 Å². The van der Waals surface area contributed by atoms with Crippen LogP contribution in [0.1, 0.15) is 11.8 Å². The molecule has 17 heavy (non-hydrogen) atoms. The Labute approximate surface area is 104 Å². The van der Waals surface area contributed by atoms with Crippen LogP contribution < -0.4 is 5.73 Å². The molecule has 2 atom stereocenters. The lowest BCUT2D eigenvalue weighted by molar-refractivity contribution is 0.473. The third-order valence-electron chi connectivity index (χ3n) is 2.72. The first-order chi connectivity index (χ1) is 7.74. The van der Waals surface area contributed by atoms with Gasteiger partial charge in [0.05, 0.1) is 5.75 Å². The Balaban J connectivity index is 2.53. The van der Waals surface area contributed by atoms with Gasteiger partial charge in [0.25, 0.3) is 0 Å². The van der Waals surface area contributed by atoms with Crippen LogP contribution in [0.2, 0.25) is 0 Å². The molecule has 94 valence electrons. The number of aliphatic imine (C=N–C) groups is 1. The summed E-state index contributed by atoms with van der Waals surface area (Å²) in [7, 11) is -1.45. The number of rotatable bonds is 1. The van der Waals surface area contributed by atoms with Crippen molar-refractivity contribution in [3.8, 4) is 5.75 Å². The smallest absolute Gasteiger partial charge is 0.204 e. The van der Waals surface area contributed by atoms with Crippen LogP contribution >= 0.6 is 11.3 Å². The summed E-state index contributed by atoms with van der Waals surface area (Å²) in [6.45, 7) is 1.77. The molecule has 2 heterocycles. The molecule has 0 aromatic carbocycles. The molecule has 2 rings (SSSR count). The fourth-order valence-corrected chi connectivity index (χ4v) is 4.21. The summed E-state index contributed by atoms with van der Waals surface area (Å²) in [5.74, 6) is 0.305. The number of nitrogens with one attached hydrogen (secondary N) is 1. The maximum absolute atomic E-state index is 12.1. The van der Waals surface area contributed by atoms with E-state index >= 15 is 0 Å². The summed E-state index contributed by atoms with van der Waals surface area (Å²) >= 11 is 1.32. The minimum atomic E-state index is -2.95. The molecule has 8 heteroatoms. The van der Waals surface area contributed by atoms with E-state index in [1.165, 1.54) is 22.7 Å². The highest BCUT2D eigenvalue weighted by atomic mass is 32.2. The van der Waals surface area contributed by atoms with Gasteiger partial charge in [-0.1, -0.05) is 0 Å². The maximum Gasteiger partial charge on any atom is 0.204 e. The van der Waals surface area contributed by atoms with Crippen molar-refractivity contribution >= 4 is 27.2 Å². The number of guanidine groups is 1. The van der Waals surface area contributed by atoms with Gasteiger partial charge < -0.3 is 10.8 Å². The zero-order valence-electron chi connectivity index (χ0n) is 9.51. The molecule has 1 aromatic rings. The summed E-state index contributed by atoms with van der Waals surface area (Å²) in [5, 5.41) is 10.9. The highest BCUT2D eigenvalue weighted by Crippen LogP contribution is 2.37. The fraction of sp³-hybridized carbons (Fsp3) is 0.444. The fourth-order valence-electron chi connectivity index (χ4n) is 1.72. The standard InChI is InChI=1S/C9H14N4O2S2/c1-9(7-3-6(14)4-16-7)5-17(11,15)13(2)8(10)12-9/h3-4,11,14H,5H2,1-2H3,(H2,10,12)/t9-,17?/m0/s1. The van der Waals surface area contributed by atoms with Gasteiger partial charge >= 0.3 is 0 Å². The Morgan fingerprint density at radius 2 is 2.41 bits per heavy atom. The van der Waals surface area contributed by atoms with Crippen LogP contribution in [0, 0.1) is 4.78 Å². The highest BCUT2D eigenvalue weighted by molar-refractivity contribution is 7.90. The van der Waals surface area contributed by atoms with Gasteiger partial charge in [-0.25, -0.2) is 14.0 Å². The van der Waals surface area contributed by atoms with Gasteiger partial charge in [0.2, 0.25) is 5.96 Å². The minimum Gasteiger partial charge on any atom is -0.507 e. The number of aromatic hydroxyl groups is 1. The highest BCUT2D eigenvalue weighted by Gasteiger charge is 2.39. The third kappa shape index (κ3) is 1.98. The average molecular weight is 274 g/mol. The molecule has 0 bridgehead atoms. The molecule has 0 fully saturated rings. The van der Waals surface area contributed by atoms with E-state index in [4.69, 9.17) is 10.5 Å². The largest absolute Gasteiger partial charge is 0.507 e. The topological polar surface area (TPSA) is 103 Å². The molecule has 0 saturated carbocycles. The van der Waals surface area contributed by atoms with Crippen LogP contribution in [0.5, 0.6) is 5.75 Å². The summed E-state index contributed by atoms with van der Waals surface area (Å²) < 4.78 is 21.1. The Bertz CT molecular complexity index is 578. The molecule has 6 nitrogen and oxygen atoms in total. The van der Waals surface area contributed by atoms with Gasteiger partial charge in [0.15, 0.2) is 0 Å². The van der Waals surface area contributed by atoms with Crippen molar-refractivity contribution in [2.75, 3.05) is 12.8 Å². The summed E-state index contributed by atoms with van der Waals surface area (Å²) in [6.07, 6.45) is 0. The SMILES string of the molecule is CN1C(N)=N[C@](C)(c2cc(O)cs2)CS1(=N)=O. The Hall–Kier alpha value is -1.28. The molecule has 0 spiro atoms. The van der Waals surface area contributed by atoms with Crippen LogP contribution in [0.4, 0.5) is 0 Å². The van der Waals surface area contributed by atoms with E-state index in [1.54, 1.807) is 18.4 Å². The van der Waals surface area contributed by atoms with Gasteiger partial charge in [-0.3, -0.25) is 4.31 Å². The lowest BCUT2D eigenvalue weighted by Crippen LogP contribution is -2.49. The number of nitrogens with two attached hydrogens (primary N) is 1. The lowest BCUT2D eigenvalue weighted by Gasteiger charge is -2.35. The second-order valence-corrected chi connectivity index (χ2v) is 7.22. The van der Waals surface area contributed by atoms with E-state index in [1.807, 2.05) is 0 Å². The lowest BCUT2D eigenvalue weighted by atomic mass is 10.0. The minimum absolute atomic E-state index is 0.0666. The molecule has 0 saturated heterocycles. The van der Waals surface area contributed by atoms with Crippen LogP contribution in [0.15, 0.2) is 16.4 Å². The monoisotopic (exact) mass is 274 g/mol. The number of thiophene rings is 1. The van der Waals surface area contributed by atoms with Crippen molar-refractivity contribution in [2.45, 2.75) is 12.5 Å². The summed E-state index contributed by atoms with van der Waals surface area (Å²) in [5.41, 5.74) is 4.89. The molecule has 1 aliphatic heterocycles. The molecule has 1 unspecified atom stereocenters. The Morgan fingerprint density at radius 1 is 1.76 bits per heavy atom. The molecule has 0 aliphatic carbocycles. The first-order valence-electron chi connectivity index (χ1n) is 4.88. The van der Waals surface area contributed by atoms with Gasteiger partial charge in [-0.2, -0.15) is 0 Å². The van der Waals surface area contributed by atoms with Gasteiger partial charge in [-0.05, 0) is 13.0 Å². The molecule has 0 radical (unpaired) electrons. The summed E-state index contributed by atoms with van der Waals surface area (Å²) in [4.78, 5) is 5.05. The summed E-state index contributed by atoms with van der Waals surface area (Å²) in [6, 6.07) is 1.57. The van der Waals surface area contributed by atoms with E-state index in [0.717, 1.165) is 4.88 Å². The molecule has 1 aliphatic rings. The second kappa shape index (κ2) is 3.61. The van der Waals surface area contributed by atoms with Crippen molar-refractivity contribution in [1.29, 1.82) is 4.78 Å². The van der Waals surface area contributed by atoms with Crippen molar-refractivity contribution in [1.82, 2.24) is 4.31 Å². The Kier molecular flexibility index (Phi) is 2.58.